The molecule has 5 heterocycles. The minimum absolute atomic E-state index is 0.127. The van der Waals surface area contributed by atoms with Crippen LogP contribution in [-0.2, 0) is 6.42 Å². The normalized spacial score (nSPS) is 19.4. The zero-order valence-corrected chi connectivity index (χ0v) is 16.9. The van der Waals surface area contributed by atoms with Crippen molar-refractivity contribution in [3.8, 4) is 5.75 Å². The lowest BCUT2D eigenvalue weighted by Crippen LogP contribution is -2.27. The van der Waals surface area contributed by atoms with Crippen molar-refractivity contribution in [3.63, 3.8) is 0 Å². The van der Waals surface area contributed by atoms with Crippen LogP contribution in [0.4, 0.5) is 11.6 Å². The summed E-state index contributed by atoms with van der Waals surface area (Å²) in [6.07, 6.45) is 8.98. The zero-order chi connectivity index (χ0) is 19.6. The van der Waals surface area contributed by atoms with Gasteiger partial charge in [-0.05, 0) is 31.4 Å². The van der Waals surface area contributed by atoms with Crippen molar-refractivity contribution in [1.29, 1.82) is 0 Å². The van der Waals surface area contributed by atoms with Crippen LogP contribution in [-0.4, -0.2) is 56.8 Å². The number of fused-ring (bicyclic) bond motifs is 1. The van der Waals surface area contributed by atoms with E-state index in [4.69, 9.17) is 4.74 Å². The van der Waals surface area contributed by atoms with Gasteiger partial charge in [-0.3, -0.25) is 0 Å². The van der Waals surface area contributed by atoms with E-state index in [1.165, 1.54) is 12.8 Å². The largest absolute Gasteiger partial charge is 0.485 e. The minimum atomic E-state index is 0.127. The molecule has 1 atom stereocenters. The maximum Gasteiger partial charge on any atom is 0.254 e. The smallest absolute Gasteiger partial charge is 0.254 e. The van der Waals surface area contributed by atoms with E-state index in [-0.39, 0.29) is 6.10 Å². The maximum absolute atomic E-state index is 6.44. The number of aryl methyl sites for hydroxylation is 1. The van der Waals surface area contributed by atoms with E-state index in [1.54, 1.807) is 6.33 Å². The van der Waals surface area contributed by atoms with Gasteiger partial charge in [-0.25, -0.2) is 9.97 Å². The molecule has 2 aliphatic rings. The first kappa shape index (κ1) is 18.1. The van der Waals surface area contributed by atoms with Crippen LogP contribution in [0, 0.1) is 0 Å². The maximum atomic E-state index is 6.44. The third kappa shape index (κ3) is 3.59. The number of hydrogen-bond donors (Lipinski definition) is 0. The molecule has 0 saturated carbocycles. The predicted molar refractivity (Wildman–Crippen MR) is 112 cm³/mol. The number of nitrogens with zero attached hydrogens (tertiary/aromatic N) is 7. The highest BCUT2D eigenvalue weighted by molar-refractivity contribution is 5.53. The molecule has 29 heavy (non-hydrogen) atoms. The highest BCUT2D eigenvalue weighted by atomic mass is 16.5. The van der Waals surface area contributed by atoms with Crippen LogP contribution in [0.1, 0.15) is 38.3 Å². The standard InChI is InChI=1S/C21H27N7O/c1-2-6-16-13-19(28-21(25-16)23-15-24-28)27-12-8-17(14-27)29-18-7-5-9-22-20(18)26-10-3-4-11-26/h5,7,9,13,15,17H,2-4,6,8,10-12,14H2,1H3. The second-order valence-corrected chi connectivity index (χ2v) is 7.82. The monoisotopic (exact) mass is 393 g/mol. The summed E-state index contributed by atoms with van der Waals surface area (Å²) >= 11 is 0. The Morgan fingerprint density at radius 1 is 1.14 bits per heavy atom. The SMILES string of the molecule is CCCc1cc(N2CCC(Oc3cccnc3N3CCCC3)C2)n2ncnc2n1. The van der Waals surface area contributed by atoms with Crippen molar-refractivity contribution in [2.45, 2.75) is 45.1 Å². The van der Waals surface area contributed by atoms with Crippen molar-refractivity contribution in [2.75, 3.05) is 36.0 Å². The van der Waals surface area contributed by atoms with Gasteiger partial charge in [0.05, 0.1) is 6.54 Å². The Labute approximate surface area is 170 Å². The van der Waals surface area contributed by atoms with Crippen LogP contribution < -0.4 is 14.5 Å². The van der Waals surface area contributed by atoms with E-state index < -0.39 is 0 Å². The van der Waals surface area contributed by atoms with Crippen LogP contribution in [0.3, 0.4) is 0 Å². The van der Waals surface area contributed by atoms with Crippen LogP contribution in [0.25, 0.3) is 5.78 Å². The molecule has 0 aromatic carbocycles. The fourth-order valence-corrected chi connectivity index (χ4v) is 4.31. The Bertz CT molecular complexity index is 982. The van der Waals surface area contributed by atoms with Crippen molar-refractivity contribution < 1.29 is 4.74 Å². The number of hydrogen-bond acceptors (Lipinski definition) is 7. The molecule has 0 N–H and O–H groups in total. The summed E-state index contributed by atoms with van der Waals surface area (Å²) in [7, 11) is 0. The third-order valence-electron chi connectivity index (χ3n) is 5.71. The van der Waals surface area contributed by atoms with E-state index >= 15 is 0 Å². The predicted octanol–water partition coefficient (Wildman–Crippen LogP) is 2.73. The molecule has 2 fully saturated rings. The summed E-state index contributed by atoms with van der Waals surface area (Å²) in [4.78, 5) is 18.2. The fourth-order valence-electron chi connectivity index (χ4n) is 4.31. The van der Waals surface area contributed by atoms with Gasteiger partial charge >= 0.3 is 0 Å². The summed E-state index contributed by atoms with van der Waals surface area (Å²) in [5.74, 6) is 3.59. The topological polar surface area (TPSA) is 71.7 Å². The first-order valence-electron chi connectivity index (χ1n) is 10.6. The Hall–Kier alpha value is -2.90. The molecular formula is C21H27N7O. The lowest BCUT2D eigenvalue weighted by atomic mass is 10.2. The summed E-state index contributed by atoms with van der Waals surface area (Å²) in [6.45, 7) is 6.03. The van der Waals surface area contributed by atoms with Gasteiger partial charge in [0, 0.05) is 44.0 Å². The molecule has 5 rings (SSSR count). The highest BCUT2D eigenvalue weighted by Gasteiger charge is 2.28. The Kier molecular flexibility index (Phi) is 4.91. The molecule has 2 saturated heterocycles. The molecule has 3 aromatic heterocycles. The average Bonchev–Trinajstić information content (AvgIpc) is 3.50. The Morgan fingerprint density at radius 2 is 2.03 bits per heavy atom. The third-order valence-corrected chi connectivity index (χ3v) is 5.71. The first-order chi connectivity index (χ1) is 14.3. The Morgan fingerprint density at radius 3 is 2.90 bits per heavy atom. The first-order valence-corrected chi connectivity index (χ1v) is 10.6. The van der Waals surface area contributed by atoms with Crippen molar-refractivity contribution in [1.82, 2.24) is 24.6 Å². The number of anilines is 2. The molecule has 0 aliphatic carbocycles. The molecule has 152 valence electrons. The molecule has 0 radical (unpaired) electrons. The van der Waals surface area contributed by atoms with E-state index in [0.717, 1.165) is 68.5 Å². The van der Waals surface area contributed by atoms with E-state index in [2.05, 4.69) is 42.8 Å². The number of rotatable bonds is 6. The van der Waals surface area contributed by atoms with Gasteiger partial charge < -0.3 is 14.5 Å². The molecule has 2 aliphatic heterocycles. The van der Waals surface area contributed by atoms with Crippen LogP contribution in [0.5, 0.6) is 5.75 Å². The fraction of sp³-hybridized carbons (Fsp3) is 0.524. The van der Waals surface area contributed by atoms with Gasteiger partial charge in [-0.2, -0.15) is 14.6 Å². The average molecular weight is 393 g/mol. The number of ether oxygens (including phenoxy) is 1. The lowest BCUT2D eigenvalue weighted by Gasteiger charge is -2.23. The van der Waals surface area contributed by atoms with Crippen LogP contribution >= 0.6 is 0 Å². The van der Waals surface area contributed by atoms with Crippen molar-refractivity contribution in [3.05, 3.63) is 36.4 Å². The minimum Gasteiger partial charge on any atom is -0.485 e. The van der Waals surface area contributed by atoms with Crippen LogP contribution in [0.2, 0.25) is 0 Å². The quantitative estimate of drug-likeness (QED) is 0.638. The molecular weight excluding hydrogens is 366 g/mol. The summed E-state index contributed by atoms with van der Waals surface area (Å²) in [5.41, 5.74) is 1.07. The highest BCUT2D eigenvalue weighted by Crippen LogP contribution is 2.31. The van der Waals surface area contributed by atoms with Gasteiger partial charge in [0.25, 0.3) is 5.78 Å². The number of pyridine rings is 1. The molecule has 8 nitrogen and oxygen atoms in total. The van der Waals surface area contributed by atoms with Gasteiger partial charge in [0.2, 0.25) is 0 Å². The molecule has 1 unspecified atom stereocenters. The molecule has 8 heteroatoms. The van der Waals surface area contributed by atoms with Gasteiger partial charge in [0.1, 0.15) is 18.2 Å². The summed E-state index contributed by atoms with van der Waals surface area (Å²) in [6, 6.07) is 6.15. The molecule has 0 amide bonds. The molecule has 0 spiro atoms. The summed E-state index contributed by atoms with van der Waals surface area (Å²) < 4.78 is 8.27. The molecule has 3 aromatic rings. The lowest BCUT2D eigenvalue weighted by molar-refractivity contribution is 0.224. The van der Waals surface area contributed by atoms with E-state index in [0.29, 0.717) is 5.78 Å². The van der Waals surface area contributed by atoms with Gasteiger partial charge in [0.15, 0.2) is 11.6 Å². The van der Waals surface area contributed by atoms with Crippen molar-refractivity contribution in [2.24, 2.45) is 0 Å². The zero-order valence-electron chi connectivity index (χ0n) is 16.9. The van der Waals surface area contributed by atoms with Crippen LogP contribution in [0.15, 0.2) is 30.7 Å². The van der Waals surface area contributed by atoms with Crippen molar-refractivity contribution >= 4 is 17.4 Å². The second kappa shape index (κ2) is 7.85. The molecule has 0 bridgehead atoms. The van der Waals surface area contributed by atoms with E-state index in [1.807, 2.05) is 22.8 Å². The van der Waals surface area contributed by atoms with Gasteiger partial charge in [-0.1, -0.05) is 13.3 Å². The number of aromatic nitrogens is 5. The van der Waals surface area contributed by atoms with Gasteiger partial charge in [-0.15, -0.1) is 0 Å². The Balaban J connectivity index is 1.35. The summed E-state index contributed by atoms with van der Waals surface area (Å²) in [5, 5.41) is 4.38. The van der Waals surface area contributed by atoms with E-state index in [9.17, 15) is 0 Å². The second-order valence-electron chi connectivity index (χ2n) is 7.82.